The Kier molecular flexibility index (Phi) is 4.80. The predicted octanol–water partition coefficient (Wildman–Crippen LogP) is 2.39. The highest BCUT2D eigenvalue weighted by molar-refractivity contribution is 5.73. The molecular weight excluding hydrogens is 358 g/mol. The highest BCUT2D eigenvalue weighted by Gasteiger charge is 2.36. The molecule has 1 fully saturated rings. The van der Waals surface area contributed by atoms with Crippen LogP contribution in [0.5, 0.6) is 0 Å². The number of nitrogens with one attached hydrogen (secondary N) is 1. The number of furan rings is 1. The lowest BCUT2D eigenvalue weighted by molar-refractivity contribution is -0.119. The summed E-state index contributed by atoms with van der Waals surface area (Å²) in [6, 6.07) is 7.93. The van der Waals surface area contributed by atoms with E-state index < -0.39 is 0 Å². The van der Waals surface area contributed by atoms with Crippen LogP contribution in [0.15, 0.2) is 33.1 Å². The Morgan fingerprint density at radius 1 is 1.18 bits per heavy atom. The fraction of sp³-hybridized carbons (Fsp3) is 0.450. The Morgan fingerprint density at radius 3 is 2.64 bits per heavy atom. The summed E-state index contributed by atoms with van der Waals surface area (Å²) in [6.45, 7) is 7.48. The zero-order valence-corrected chi connectivity index (χ0v) is 16.6. The molecule has 148 valence electrons. The summed E-state index contributed by atoms with van der Waals surface area (Å²) in [5, 5.41) is 11.5. The molecule has 2 atom stereocenters. The number of carbonyl (C=O) groups is 1. The highest BCUT2D eigenvalue weighted by Crippen LogP contribution is 2.30. The summed E-state index contributed by atoms with van der Waals surface area (Å²) in [5.74, 6) is 2.89. The van der Waals surface area contributed by atoms with Crippen molar-refractivity contribution in [3.05, 3.63) is 47.4 Å². The van der Waals surface area contributed by atoms with Gasteiger partial charge in [-0.15, -0.1) is 10.2 Å². The quantitative estimate of drug-likeness (QED) is 0.728. The van der Waals surface area contributed by atoms with Gasteiger partial charge in [-0.3, -0.25) is 9.69 Å². The van der Waals surface area contributed by atoms with Gasteiger partial charge in [0.05, 0.1) is 18.5 Å². The Bertz CT molecular complexity index is 986. The molecule has 1 amide bonds. The second-order valence-electron chi connectivity index (χ2n) is 7.48. The first kappa shape index (κ1) is 18.5. The van der Waals surface area contributed by atoms with E-state index in [4.69, 9.17) is 8.83 Å². The van der Waals surface area contributed by atoms with Crippen LogP contribution in [-0.4, -0.2) is 44.7 Å². The van der Waals surface area contributed by atoms with Crippen LogP contribution in [0.25, 0.3) is 11.6 Å². The zero-order valence-electron chi connectivity index (χ0n) is 16.6. The standard InChI is InChI=1S/C20H25N5O3/c1-12-5-7-17(24(12)4)20-23-22-19(28-20)11-25-9-15(16(10-25)21-14(3)26)18-8-6-13(2)27-18/h5-8,15-16H,9-11H2,1-4H3,(H,21,26). The number of rotatable bonds is 5. The molecular formula is C20H25N5O3. The number of amides is 1. The van der Waals surface area contributed by atoms with Gasteiger partial charge in [-0.2, -0.15) is 0 Å². The van der Waals surface area contributed by atoms with Gasteiger partial charge >= 0.3 is 0 Å². The molecule has 0 saturated carbocycles. The predicted molar refractivity (Wildman–Crippen MR) is 103 cm³/mol. The third kappa shape index (κ3) is 3.60. The third-order valence-corrected chi connectivity index (χ3v) is 5.33. The number of aromatic nitrogens is 3. The minimum atomic E-state index is -0.0423. The number of aryl methyl sites for hydroxylation is 2. The van der Waals surface area contributed by atoms with E-state index in [1.807, 2.05) is 49.7 Å². The van der Waals surface area contributed by atoms with Crippen molar-refractivity contribution in [2.45, 2.75) is 39.3 Å². The molecule has 0 radical (unpaired) electrons. The van der Waals surface area contributed by atoms with Gasteiger partial charge in [0, 0.05) is 32.8 Å². The summed E-state index contributed by atoms with van der Waals surface area (Å²) in [7, 11) is 1.98. The van der Waals surface area contributed by atoms with Crippen LogP contribution < -0.4 is 5.32 Å². The number of hydrogen-bond donors (Lipinski definition) is 1. The van der Waals surface area contributed by atoms with Crippen molar-refractivity contribution in [2.24, 2.45) is 7.05 Å². The molecule has 4 rings (SSSR count). The van der Waals surface area contributed by atoms with E-state index in [2.05, 4.69) is 20.4 Å². The topological polar surface area (TPSA) is 89.3 Å². The molecule has 2 unspecified atom stereocenters. The minimum absolute atomic E-state index is 0.0130. The smallest absolute Gasteiger partial charge is 0.264 e. The van der Waals surface area contributed by atoms with Crippen LogP contribution in [0.4, 0.5) is 0 Å². The van der Waals surface area contributed by atoms with E-state index in [0.717, 1.165) is 29.5 Å². The van der Waals surface area contributed by atoms with E-state index in [-0.39, 0.29) is 17.9 Å². The van der Waals surface area contributed by atoms with E-state index in [9.17, 15) is 4.79 Å². The van der Waals surface area contributed by atoms with Crippen LogP contribution in [0, 0.1) is 13.8 Å². The van der Waals surface area contributed by atoms with Crippen molar-refractivity contribution >= 4 is 5.91 Å². The molecule has 3 aromatic heterocycles. The molecule has 1 saturated heterocycles. The first-order valence-electron chi connectivity index (χ1n) is 9.41. The zero-order chi connectivity index (χ0) is 19.8. The van der Waals surface area contributed by atoms with Crippen LogP contribution in [0.1, 0.15) is 35.9 Å². The molecule has 8 heteroatoms. The van der Waals surface area contributed by atoms with Crippen molar-refractivity contribution in [1.82, 2.24) is 25.0 Å². The molecule has 28 heavy (non-hydrogen) atoms. The third-order valence-electron chi connectivity index (χ3n) is 5.33. The maximum Gasteiger partial charge on any atom is 0.264 e. The van der Waals surface area contributed by atoms with Crippen LogP contribution in [-0.2, 0) is 18.4 Å². The average molecular weight is 383 g/mol. The molecule has 1 aliphatic rings. The van der Waals surface area contributed by atoms with E-state index in [0.29, 0.717) is 24.9 Å². The SMILES string of the molecule is CC(=O)NC1CN(Cc2nnc(-c3ccc(C)n3C)o2)CC1c1ccc(C)o1. The van der Waals surface area contributed by atoms with Crippen LogP contribution in [0.2, 0.25) is 0 Å². The molecule has 0 aromatic carbocycles. The maximum atomic E-state index is 11.6. The molecule has 0 aliphatic carbocycles. The lowest BCUT2D eigenvalue weighted by Gasteiger charge is -2.17. The van der Waals surface area contributed by atoms with Crippen molar-refractivity contribution in [2.75, 3.05) is 13.1 Å². The lowest BCUT2D eigenvalue weighted by Crippen LogP contribution is -2.38. The Balaban J connectivity index is 1.49. The van der Waals surface area contributed by atoms with Gasteiger partial charge in [-0.05, 0) is 38.1 Å². The maximum absolute atomic E-state index is 11.6. The molecule has 8 nitrogen and oxygen atoms in total. The average Bonchev–Trinajstić information content (AvgIpc) is 3.39. The number of carbonyl (C=O) groups excluding carboxylic acids is 1. The fourth-order valence-electron chi connectivity index (χ4n) is 3.80. The van der Waals surface area contributed by atoms with Crippen LogP contribution >= 0.6 is 0 Å². The minimum Gasteiger partial charge on any atom is -0.466 e. The summed E-state index contributed by atoms with van der Waals surface area (Å²) in [5.41, 5.74) is 2.03. The number of hydrogen-bond acceptors (Lipinski definition) is 6. The largest absolute Gasteiger partial charge is 0.466 e. The molecule has 4 heterocycles. The van der Waals surface area contributed by atoms with Crippen LogP contribution in [0.3, 0.4) is 0 Å². The van der Waals surface area contributed by atoms with E-state index >= 15 is 0 Å². The van der Waals surface area contributed by atoms with Gasteiger partial charge in [0.25, 0.3) is 5.89 Å². The monoisotopic (exact) mass is 383 g/mol. The van der Waals surface area contributed by atoms with Gasteiger partial charge in [-0.1, -0.05) is 0 Å². The van der Waals surface area contributed by atoms with Crippen molar-refractivity contribution in [1.29, 1.82) is 0 Å². The Morgan fingerprint density at radius 2 is 2.00 bits per heavy atom. The van der Waals surface area contributed by atoms with Crippen molar-refractivity contribution in [3.8, 4) is 11.6 Å². The molecule has 1 N–H and O–H groups in total. The van der Waals surface area contributed by atoms with Gasteiger partial charge in [0.1, 0.15) is 17.2 Å². The van der Waals surface area contributed by atoms with Gasteiger partial charge in [0.15, 0.2) is 0 Å². The van der Waals surface area contributed by atoms with E-state index in [1.54, 1.807) is 6.92 Å². The molecule has 3 aromatic rings. The fourth-order valence-corrected chi connectivity index (χ4v) is 3.80. The summed E-state index contributed by atoms with van der Waals surface area (Å²) in [4.78, 5) is 13.8. The van der Waals surface area contributed by atoms with Gasteiger partial charge in [-0.25, -0.2) is 0 Å². The van der Waals surface area contributed by atoms with Crippen molar-refractivity contribution in [3.63, 3.8) is 0 Å². The summed E-state index contributed by atoms with van der Waals surface area (Å²) >= 11 is 0. The Hall–Kier alpha value is -2.87. The molecule has 1 aliphatic heterocycles. The number of nitrogens with zero attached hydrogens (tertiary/aromatic N) is 4. The summed E-state index contributed by atoms with van der Waals surface area (Å²) < 4.78 is 13.7. The molecule has 0 bridgehead atoms. The van der Waals surface area contributed by atoms with Gasteiger partial charge in [0.2, 0.25) is 11.8 Å². The lowest BCUT2D eigenvalue weighted by atomic mass is 10.0. The first-order valence-corrected chi connectivity index (χ1v) is 9.41. The Labute approximate surface area is 163 Å². The second kappa shape index (κ2) is 7.27. The van der Waals surface area contributed by atoms with Gasteiger partial charge < -0.3 is 18.7 Å². The number of likely N-dealkylation sites (tertiary alicyclic amines) is 1. The first-order chi connectivity index (χ1) is 13.4. The summed E-state index contributed by atoms with van der Waals surface area (Å²) in [6.07, 6.45) is 0. The van der Waals surface area contributed by atoms with E-state index in [1.165, 1.54) is 0 Å². The molecule has 0 spiro atoms. The normalized spacial score (nSPS) is 20.0. The van der Waals surface area contributed by atoms with Crippen molar-refractivity contribution < 1.29 is 13.6 Å². The highest BCUT2D eigenvalue weighted by atomic mass is 16.4. The second-order valence-corrected chi connectivity index (χ2v) is 7.48.